The van der Waals surface area contributed by atoms with Crippen LogP contribution in [0.1, 0.15) is 6.92 Å². The van der Waals surface area contributed by atoms with Crippen molar-refractivity contribution >= 4 is 50.5 Å². The molecule has 1 aliphatic rings. The normalized spacial score (nSPS) is 16.5. The Kier molecular flexibility index (Phi) is 5.45. The number of rotatable bonds is 2. The lowest BCUT2D eigenvalue weighted by molar-refractivity contribution is 0.191. The number of likely N-dealkylation sites (N-methyl/N-ethyl adjacent to an activating group) is 1. The zero-order valence-electron chi connectivity index (χ0n) is 10.8. The summed E-state index contributed by atoms with van der Waals surface area (Å²) in [5.41, 5.74) is 0.854. The first-order valence-electron chi connectivity index (χ1n) is 6.33. The van der Waals surface area contributed by atoms with Gasteiger partial charge in [0.05, 0.1) is 10.7 Å². The van der Waals surface area contributed by atoms with Gasteiger partial charge in [-0.3, -0.25) is 0 Å². The van der Waals surface area contributed by atoms with Gasteiger partial charge in [0.2, 0.25) is 0 Å². The summed E-state index contributed by atoms with van der Waals surface area (Å²) in [7, 11) is 0. The minimum Gasteiger partial charge on any atom is -0.346 e. The average molecular weight is 363 g/mol. The molecule has 19 heavy (non-hydrogen) atoms. The van der Waals surface area contributed by atoms with Crippen molar-refractivity contribution in [3.05, 3.63) is 27.7 Å². The minimum absolute atomic E-state index is 0.670. The number of piperazine rings is 1. The van der Waals surface area contributed by atoms with Crippen LogP contribution in [0.5, 0.6) is 0 Å². The number of benzene rings is 1. The van der Waals surface area contributed by atoms with E-state index in [0.29, 0.717) is 5.02 Å². The average Bonchev–Trinajstić information content (AvgIpc) is 2.42. The SMILES string of the molecule is CCN1CCN(C(=S)Nc2ccc(Br)cc2Cl)CC1. The lowest BCUT2D eigenvalue weighted by Crippen LogP contribution is -2.49. The Labute approximate surface area is 133 Å². The number of hydrogen-bond donors (Lipinski definition) is 1. The van der Waals surface area contributed by atoms with Crippen molar-refractivity contribution in [1.82, 2.24) is 9.80 Å². The van der Waals surface area contributed by atoms with Crippen molar-refractivity contribution in [2.45, 2.75) is 6.92 Å². The molecule has 1 aromatic rings. The quantitative estimate of drug-likeness (QED) is 0.812. The summed E-state index contributed by atoms with van der Waals surface area (Å²) >= 11 is 15.0. The molecule has 6 heteroatoms. The Morgan fingerprint density at radius 2 is 2.05 bits per heavy atom. The van der Waals surface area contributed by atoms with Crippen LogP contribution in [0.2, 0.25) is 5.02 Å². The van der Waals surface area contributed by atoms with Crippen LogP contribution in [-0.2, 0) is 0 Å². The van der Waals surface area contributed by atoms with Crippen molar-refractivity contribution in [2.75, 3.05) is 38.0 Å². The lowest BCUT2D eigenvalue weighted by atomic mass is 10.3. The molecule has 1 fully saturated rings. The van der Waals surface area contributed by atoms with Crippen molar-refractivity contribution in [3.63, 3.8) is 0 Å². The lowest BCUT2D eigenvalue weighted by Gasteiger charge is -2.35. The Balaban J connectivity index is 1.94. The molecule has 3 nitrogen and oxygen atoms in total. The van der Waals surface area contributed by atoms with Gasteiger partial charge >= 0.3 is 0 Å². The van der Waals surface area contributed by atoms with E-state index in [9.17, 15) is 0 Å². The third-order valence-corrected chi connectivity index (χ3v) is 4.45. The molecule has 0 aliphatic carbocycles. The van der Waals surface area contributed by atoms with Gasteiger partial charge < -0.3 is 15.1 Å². The molecule has 1 N–H and O–H groups in total. The second kappa shape index (κ2) is 6.88. The molecular weight excluding hydrogens is 346 g/mol. The van der Waals surface area contributed by atoms with Crippen molar-refractivity contribution in [3.8, 4) is 0 Å². The van der Waals surface area contributed by atoms with E-state index >= 15 is 0 Å². The molecule has 1 aromatic carbocycles. The summed E-state index contributed by atoms with van der Waals surface area (Å²) in [5.74, 6) is 0. The third kappa shape index (κ3) is 4.05. The Morgan fingerprint density at radius 3 is 2.63 bits per heavy atom. The van der Waals surface area contributed by atoms with E-state index in [1.54, 1.807) is 0 Å². The Bertz CT molecular complexity index is 461. The standard InChI is InChI=1S/C13H17BrClN3S/c1-2-17-5-7-18(8-6-17)13(19)16-12-4-3-10(14)9-11(12)15/h3-4,9H,2,5-8H2,1H3,(H,16,19). The topological polar surface area (TPSA) is 18.5 Å². The molecule has 0 radical (unpaired) electrons. The van der Waals surface area contributed by atoms with Crippen molar-refractivity contribution in [2.24, 2.45) is 0 Å². The number of nitrogens with one attached hydrogen (secondary N) is 1. The number of nitrogens with zero attached hydrogens (tertiary/aromatic N) is 2. The van der Waals surface area contributed by atoms with Crippen LogP contribution < -0.4 is 5.32 Å². The van der Waals surface area contributed by atoms with Gasteiger partial charge in [-0.2, -0.15) is 0 Å². The molecule has 0 unspecified atom stereocenters. The van der Waals surface area contributed by atoms with Crippen molar-refractivity contribution in [1.29, 1.82) is 0 Å². The summed E-state index contributed by atoms with van der Waals surface area (Å²) in [5, 5.41) is 4.65. The Morgan fingerprint density at radius 1 is 1.37 bits per heavy atom. The van der Waals surface area contributed by atoms with E-state index in [2.05, 4.69) is 38.0 Å². The van der Waals surface area contributed by atoms with E-state index in [4.69, 9.17) is 23.8 Å². The van der Waals surface area contributed by atoms with Crippen LogP contribution in [-0.4, -0.2) is 47.6 Å². The number of thiocarbonyl (C=S) groups is 1. The summed E-state index contributed by atoms with van der Waals surface area (Å²) in [6.45, 7) is 7.35. The molecule has 0 spiro atoms. The fraction of sp³-hybridized carbons (Fsp3) is 0.462. The van der Waals surface area contributed by atoms with Gasteiger partial charge in [-0.15, -0.1) is 0 Å². The van der Waals surface area contributed by atoms with E-state index in [-0.39, 0.29) is 0 Å². The highest BCUT2D eigenvalue weighted by Crippen LogP contribution is 2.26. The van der Waals surface area contributed by atoms with Gasteiger partial charge in [0, 0.05) is 30.7 Å². The molecule has 1 aliphatic heterocycles. The fourth-order valence-corrected chi connectivity index (χ4v) is 3.07. The maximum Gasteiger partial charge on any atom is 0.173 e. The molecule has 0 bridgehead atoms. The number of hydrogen-bond acceptors (Lipinski definition) is 2. The van der Waals surface area contributed by atoms with Gasteiger partial charge in [0.15, 0.2) is 5.11 Å². The van der Waals surface area contributed by atoms with Crippen LogP contribution in [0.4, 0.5) is 5.69 Å². The maximum absolute atomic E-state index is 6.18. The predicted octanol–water partition coefficient (Wildman–Crippen LogP) is 3.44. The first-order chi connectivity index (χ1) is 9.10. The molecule has 0 atom stereocenters. The monoisotopic (exact) mass is 361 g/mol. The zero-order chi connectivity index (χ0) is 13.8. The molecule has 0 amide bonds. The molecule has 1 saturated heterocycles. The first-order valence-corrected chi connectivity index (χ1v) is 7.91. The van der Waals surface area contributed by atoms with Gasteiger partial charge in [0.1, 0.15) is 0 Å². The second-order valence-corrected chi connectivity index (χ2v) is 6.19. The summed E-state index contributed by atoms with van der Waals surface area (Å²) in [4.78, 5) is 4.62. The molecule has 2 rings (SSSR count). The smallest absolute Gasteiger partial charge is 0.173 e. The molecule has 0 aromatic heterocycles. The van der Waals surface area contributed by atoms with Crippen LogP contribution in [0, 0.1) is 0 Å². The highest BCUT2D eigenvalue weighted by atomic mass is 79.9. The van der Waals surface area contributed by atoms with Crippen molar-refractivity contribution < 1.29 is 0 Å². The zero-order valence-corrected chi connectivity index (χ0v) is 14.0. The van der Waals surface area contributed by atoms with Crippen LogP contribution in [0.3, 0.4) is 0 Å². The molecular formula is C13H17BrClN3S. The van der Waals surface area contributed by atoms with Crippen LogP contribution >= 0.6 is 39.7 Å². The Hall–Kier alpha value is -0.360. The summed E-state index contributed by atoms with van der Waals surface area (Å²) in [6, 6.07) is 5.74. The second-order valence-electron chi connectivity index (χ2n) is 4.48. The van der Waals surface area contributed by atoms with Crippen LogP contribution in [0.15, 0.2) is 22.7 Å². The number of anilines is 1. The van der Waals surface area contributed by atoms with Gasteiger partial charge in [-0.05, 0) is 37.0 Å². The predicted molar refractivity (Wildman–Crippen MR) is 89.1 cm³/mol. The summed E-state index contributed by atoms with van der Waals surface area (Å²) in [6.07, 6.45) is 0. The van der Waals surface area contributed by atoms with Gasteiger partial charge in [0.25, 0.3) is 0 Å². The maximum atomic E-state index is 6.18. The fourth-order valence-electron chi connectivity index (χ4n) is 2.05. The highest BCUT2D eigenvalue weighted by molar-refractivity contribution is 9.10. The van der Waals surface area contributed by atoms with E-state index in [1.165, 1.54) is 0 Å². The number of halogens is 2. The molecule has 1 heterocycles. The first kappa shape index (κ1) is 15.0. The van der Waals surface area contributed by atoms with Gasteiger partial charge in [-0.1, -0.05) is 34.5 Å². The largest absolute Gasteiger partial charge is 0.346 e. The van der Waals surface area contributed by atoms with E-state index in [0.717, 1.165) is 48.0 Å². The minimum atomic E-state index is 0.670. The van der Waals surface area contributed by atoms with E-state index in [1.807, 2.05) is 18.2 Å². The van der Waals surface area contributed by atoms with Crippen LogP contribution in [0.25, 0.3) is 0 Å². The highest BCUT2D eigenvalue weighted by Gasteiger charge is 2.18. The van der Waals surface area contributed by atoms with E-state index < -0.39 is 0 Å². The summed E-state index contributed by atoms with van der Waals surface area (Å²) < 4.78 is 0.963. The third-order valence-electron chi connectivity index (χ3n) is 3.28. The molecule has 0 saturated carbocycles. The van der Waals surface area contributed by atoms with Gasteiger partial charge in [-0.25, -0.2) is 0 Å². The molecule has 104 valence electrons.